The highest BCUT2D eigenvalue weighted by Crippen LogP contribution is 2.16. The van der Waals surface area contributed by atoms with Crippen molar-refractivity contribution >= 4 is 34.1 Å². The summed E-state index contributed by atoms with van der Waals surface area (Å²) in [7, 11) is 3.93. The van der Waals surface area contributed by atoms with Gasteiger partial charge in [-0.3, -0.25) is 25.0 Å². The molecule has 3 N–H and O–H groups in total. The summed E-state index contributed by atoms with van der Waals surface area (Å²) in [5, 5.41) is 3.87. The van der Waals surface area contributed by atoms with Crippen molar-refractivity contribution in [3.63, 3.8) is 0 Å². The molecule has 0 spiro atoms. The van der Waals surface area contributed by atoms with E-state index in [1.54, 1.807) is 22.8 Å². The molecule has 0 unspecified atom stereocenters. The average molecular weight is 374 g/mol. The van der Waals surface area contributed by atoms with Crippen LogP contribution in [-0.4, -0.2) is 52.7 Å². The van der Waals surface area contributed by atoms with Crippen LogP contribution in [0.5, 0.6) is 0 Å². The molecule has 3 rings (SSSR count). The molecule has 2 aromatic rings. The van der Waals surface area contributed by atoms with Gasteiger partial charge >= 0.3 is 0 Å². The minimum atomic E-state index is -0.342. The van der Waals surface area contributed by atoms with Crippen molar-refractivity contribution in [3.05, 3.63) is 39.9 Å². The molecular formula is C17H22N6O2S. The molecule has 0 saturated heterocycles. The van der Waals surface area contributed by atoms with Crippen molar-refractivity contribution in [2.24, 2.45) is 0 Å². The molecule has 9 heteroatoms. The van der Waals surface area contributed by atoms with Crippen LogP contribution in [0.25, 0.3) is 10.9 Å². The van der Waals surface area contributed by atoms with E-state index < -0.39 is 0 Å². The number of hydrogen-bond donors (Lipinski definition) is 3. The van der Waals surface area contributed by atoms with Gasteiger partial charge in [-0.25, -0.2) is 4.98 Å². The fraction of sp³-hybridized carbons (Fsp3) is 0.412. The highest BCUT2D eigenvalue weighted by molar-refractivity contribution is 7.80. The molecule has 1 aromatic carbocycles. The fourth-order valence-electron chi connectivity index (χ4n) is 2.85. The summed E-state index contributed by atoms with van der Waals surface area (Å²) in [5.41, 5.74) is 6.14. The van der Waals surface area contributed by atoms with Crippen LogP contribution in [0.2, 0.25) is 0 Å². The number of benzene rings is 1. The van der Waals surface area contributed by atoms with Crippen LogP contribution in [0, 0.1) is 0 Å². The van der Waals surface area contributed by atoms with Gasteiger partial charge in [0.15, 0.2) is 5.11 Å². The van der Waals surface area contributed by atoms with E-state index in [2.05, 4.69) is 21.2 Å². The molecular weight excluding hydrogens is 352 g/mol. The van der Waals surface area contributed by atoms with E-state index in [0.29, 0.717) is 34.7 Å². The van der Waals surface area contributed by atoms with Crippen LogP contribution in [0.1, 0.15) is 22.6 Å². The maximum Gasteiger partial charge on any atom is 0.269 e. The van der Waals surface area contributed by atoms with E-state index >= 15 is 0 Å². The number of aromatic nitrogens is 2. The van der Waals surface area contributed by atoms with Gasteiger partial charge < -0.3 is 10.2 Å². The maximum absolute atomic E-state index is 12.4. The number of hydrogen-bond acceptors (Lipinski definition) is 5. The highest BCUT2D eigenvalue weighted by atomic mass is 32.1. The molecule has 1 aromatic heterocycles. The van der Waals surface area contributed by atoms with E-state index in [0.717, 1.165) is 25.2 Å². The molecule has 1 amide bonds. The number of nitrogens with zero attached hydrogens (tertiary/aromatic N) is 3. The third-order valence-corrected chi connectivity index (χ3v) is 4.46. The number of carbonyl (C=O) groups is 1. The minimum absolute atomic E-state index is 0.0427. The Morgan fingerprint density at radius 1 is 1.35 bits per heavy atom. The molecule has 0 atom stereocenters. The largest absolute Gasteiger partial charge is 0.360 e. The number of thiocarbonyl (C=S) groups is 1. The Kier molecular flexibility index (Phi) is 5.48. The number of carbonyl (C=O) groups excluding carboxylic acids is 1. The predicted octanol–water partition coefficient (Wildman–Crippen LogP) is 0.0132. The van der Waals surface area contributed by atoms with Crippen molar-refractivity contribution in [1.82, 2.24) is 30.6 Å². The number of rotatable bonds is 4. The lowest BCUT2D eigenvalue weighted by atomic mass is 10.1. The Labute approximate surface area is 156 Å². The van der Waals surface area contributed by atoms with Crippen LogP contribution in [0.15, 0.2) is 23.0 Å². The van der Waals surface area contributed by atoms with E-state index in [1.165, 1.54) is 0 Å². The molecule has 0 bridgehead atoms. The van der Waals surface area contributed by atoms with E-state index in [-0.39, 0.29) is 11.5 Å². The van der Waals surface area contributed by atoms with Crippen LogP contribution < -0.4 is 21.7 Å². The lowest BCUT2D eigenvalue weighted by molar-refractivity contribution is 0.0944. The molecule has 26 heavy (non-hydrogen) atoms. The average Bonchev–Trinajstić information content (AvgIpc) is 3.07. The lowest BCUT2D eigenvalue weighted by Gasteiger charge is -2.14. The Morgan fingerprint density at radius 3 is 2.92 bits per heavy atom. The van der Waals surface area contributed by atoms with Crippen molar-refractivity contribution in [1.29, 1.82) is 0 Å². The normalized spacial score (nSPS) is 12.9. The first kappa shape index (κ1) is 18.3. The van der Waals surface area contributed by atoms with Crippen LogP contribution in [0.3, 0.4) is 0 Å². The molecule has 2 heterocycles. The monoisotopic (exact) mass is 374 g/mol. The van der Waals surface area contributed by atoms with Crippen molar-refractivity contribution in [2.45, 2.75) is 19.4 Å². The Bertz CT molecular complexity index is 908. The highest BCUT2D eigenvalue weighted by Gasteiger charge is 2.17. The van der Waals surface area contributed by atoms with Crippen LogP contribution in [-0.2, 0) is 13.0 Å². The topological polar surface area (TPSA) is 91.3 Å². The molecule has 8 nitrogen and oxygen atoms in total. The first-order valence-electron chi connectivity index (χ1n) is 8.48. The summed E-state index contributed by atoms with van der Waals surface area (Å²) in [4.78, 5) is 31.3. The second kappa shape index (κ2) is 7.79. The van der Waals surface area contributed by atoms with Gasteiger partial charge in [0.05, 0.1) is 10.9 Å². The smallest absolute Gasteiger partial charge is 0.269 e. The number of aryl methyl sites for hydroxylation is 1. The van der Waals surface area contributed by atoms with Gasteiger partial charge in [0.25, 0.3) is 11.5 Å². The van der Waals surface area contributed by atoms with Gasteiger partial charge in [-0.05, 0) is 50.9 Å². The summed E-state index contributed by atoms with van der Waals surface area (Å²) in [6.45, 7) is 2.21. The van der Waals surface area contributed by atoms with Crippen LogP contribution in [0.4, 0.5) is 0 Å². The number of likely N-dealkylation sites (N-methyl/N-ethyl adjacent to an activating group) is 1. The molecule has 138 valence electrons. The molecule has 1 aliphatic heterocycles. The predicted molar refractivity (Wildman–Crippen MR) is 104 cm³/mol. The molecule has 1 aliphatic rings. The first-order chi connectivity index (χ1) is 12.5. The zero-order chi connectivity index (χ0) is 18.7. The van der Waals surface area contributed by atoms with Gasteiger partial charge in [-0.1, -0.05) is 0 Å². The van der Waals surface area contributed by atoms with Gasteiger partial charge in [0.1, 0.15) is 5.82 Å². The second-order valence-corrected chi connectivity index (χ2v) is 6.87. The summed E-state index contributed by atoms with van der Waals surface area (Å²) in [6.07, 6.45) is 1.71. The van der Waals surface area contributed by atoms with Gasteiger partial charge in [-0.15, -0.1) is 0 Å². The third kappa shape index (κ3) is 4.00. The van der Waals surface area contributed by atoms with Gasteiger partial charge in [0, 0.05) is 31.6 Å². The summed E-state index contributed by atoms with van der Waals surface area (Å²) in [5.74, 6) is 0.440. The molecule has 0 radical (unpaired) electrons. The van der Waals surface area contributed by atoms with Gasteiger partial charge in [-0.2, -0.15) is 0 Å². The van der Waals surface area contributed by atoms with Gasteiger partial charge in [0.2, 0.25) is 0 Å². The van der Waals surface area contributed by atoms with Crippen molar-refractivity contribution < 1.29 is 4.79 Å². The summed E-state index contributed by atoms with van der Waals surface area (Å²) < 4.78 is 1.71. The minimum Gasteiger partial charge on any atom is -0.360 e. The Hall–Kier alpha value is -2.52. The number of nitrogens with one attached hydrogen (secondary N) is 3. The molecule has 0 saturated carbocycles. The third-order valence-electron chi connectivity index (χ3n) is 4.21. The fourth-order valence-corrected chi connectivity index (χ4v) is 3.00. The summed E-state index contributed by atoms with van der Waals surface area (Å²) >= 11 is 5.11. The number of amides is 1. The maximum atomic E-state index is 12.4. The zero-order valence-electron chi connectivity index (χ0n) is 14.8. The van der Waals surface area contributed by atoms with Crippen molar-refractivity contribution in [3.8, 4) is 0 Å². The molecule has 0 fully saturated rings. The first-order valence-corrected chi connectivity index (χ1v) is 8.89. The number of fused-ring (bicyclic) bond motifs is 2. The zero-order valence-corrected chi connectivity index (χ0v) is 15.7. The van der Waals surface area contributed by atoms with Crippen LogP contribution >= 0.6 is 12.2 Å². The summed E-state index contributed by atoms with van der Waals surface area (Å²) in [6, 6.07) is 4.90. The van der Waals surface area contributed by atoms with E-state index in [1.807, 2.05) is 19.0 Å². The Morgan fingerprint density at radius 2 is 2.15 bits per heavy atom. The Balaban J connectivity index is 1.66. The SMILES string of the molecule is CN(C)CCNC(=S)NNC(=O)c1ccc2c(=O)n3c(nc2c1)CCC3. The lowest BCUT2D eigenvalue weighted by Crippen LogP contribution is -2.47. The molecule has 0 aliphatic carbocycles. The number of hydrazine groups is 1. The quantitative estimate of drug-likeness (QED) is 0.513. The van der Waals surface area contributed by atoms with E-state index in [4.69, 9.17) is 12.2 Å². The van der Waals surface area contributed by atoms with Crippen molar-refractivity contribution in [2.75, 3.05) is 27.2 Å². The standard InChI is InChI=1S/C17H22N6O2S/c1-22(2)9-7-18-17(26)21-20-15(24)11-5-6-12-13(10-11)19-14-4-3-8-23(14)16(12)25/h5-6,10H,3-4,7-9H2,1-2H3,(H,20,24)(H2,18,21,26). The van der Waals surface area contributed by atoms with E-state index in [9.17, 15) is 9.59 Å². The second-order valence-electron chi connectivity index (χ2n) is 6.46.